The van der Waals surface area contributed by atoms with E-state index in [0.717, 1.165) is 50.0 Å². The molecule has 200 valence electrons. The summed E-state index contributed by atoms with van der Waals surface area (Å²) in [5, 5.41) is 1.16. The zero-order chi connectivity index (χ0) is 29.1. The van der Waals surface area contributed by atoms with Gasteiger partial charge < -0.3 is 4.74 Å². The minimum absolute atomic E-state index is 0.361. The molecule has 0 atom stereocenters. The van der Waals surface area contributed by atoms with Gasteiger partial charge in [0.25, 0.3) is 0 Å². The van der Waals surface area contributed by atoms with E-state index < -0.39 is 5.21 Å². The zero-order valence-electron chi connectivity index (χ0n) is 23.7. The van der Waals surface area contributed by atoms with Gasteiger partial charge in [-0.05, 0) is 53.9 Å². The van der Waals surface area contributed by atoms with Crippen molar-refractivity contribution in [3.8, 4) is 23.1 Å². The largest absolute Gasteiger partial charge is 0.457 e. The summed E-state index contributed by atoms with van der Waals surface area (Å²) < 4.78 is 10.5. The molecule has 0 aliphatic carbocycles. The minimum atomic E-state index is -1.04. The number of fused-ring (bicyclic) bond motifs is 4. The second-order valence-corrected chi connectivity index (χ2v) is 11.6. The van der Waals surface area contributed by atoms with Crippen molar-refractivity contribution in [2.45, 2.75) is 26.0 Å². The van der Waals surface area contributed by atoms with Crippen molar-refractivity contribution >= 4 is 48.5 Å². The summed E-state index contributed by atoms with van der Waals surface area (Å²) in [6.07, 6.45) is 5.29. The molecule has 0 N–H and O–H groups in total. The van der Waals surface area contributed by atoms with Gasteiger partial charge in [0.15, 0.2) is 0 Å². The molecule has 4 heterocycles. The highest BCUT2D eigenvalue weighted by Gasteiger charge is 2.33. The third-order valence-electron chi connectivity index (χ3n) is 7.99. The molecule has 0 amide bonds. The molecule has 0 saturated carbocycles. The maximum absolute atomic E-state index is 6.66. The van der Waals surface area contributed by atoms with Crippen LogP contribution >= 0.6 is 0 Å². The van der Waals surface area contributed by atoms with Gasteiger partial charge in [0.2, 0.25) is 0 Å². The second kappa shape index (κ2) is 9.62. The molecule has 7 aromatic rings. The van der Waals surface area contributed by atoms with Gasteiger partial charge in [0.1, 0.15) is 29.5 Å². The van der Waals surface area contributed by atoms with Gasteiger partial charge in [-0.1, -0.05) is 61.9 Å². The number of para-hydroxylation sites is 3. The Morgan fingerprint density at radius 1 is 0.643 bits per heavy atom. The molecule has 4 radical (unpaired) electrons. The van der Waals surface area contributed by atoms with Crippen molar-refractivity contribution < 1.29 is 4.74 Å². The smallest absolute Gasteiger partial charge is 0.142 e. The van der Waals surface area contributed by atoms with Crippen molar-refractivity contribution in [3.05, 3.63) is 115 Å². The Morgan fingerprint density at radius 2 is 1.33 bits per heavy atom. The number of benzene rings is 3. The van der Waals surface area contributed by atoms with E-state index in [1.54, 1.807) is 18.7 Å². The van der Waals surface area contributed by atoms with Gasteiger partial charge in [-0.3, -0.25) is 9.13 Å². The lowest BCUT2D eigenvalue weighted by Crippen LogP contribution is -2.41. The number of ether oxygens (including phenoxy) is 1. The molecule has 3 aromatic carbocycles. The van der Waals surface area contributed by atoms with E-state index in [4.69, 9.17) is 25.4 Å². The van der Waals surface area contributed by atoms with Crippen molar-refractivity contribution in [1.29, 1.82) is 0 Å². The van der Waals surface area contributed by atoms with E-state index in [1.165, 1.54) is 0 Å². The molecule has 0 aliphatic heterocycles. The zero-order valence-corrected chi connectivity index (χ0v) is 23.7. The Labute approximate surface area is 246 Å². The maximum Gasteiger partial charge on any atom is 0.142 e. The second-order valence-electron chi connectivity index (χ2n) is 11.6. The van der Waals surface area contributed by atoms with Crippen molar-refractivity contribution in [2.24, 2.45) is 5.41 Å². The van der Waals surface area contributed by atoms with E-state index in [-0.39, 0.29) is 5.41 Å². The number of hydrogen-bond acceptors (Lipinski definition) is 4. The van der Waals surface area contributed by atoms with Gasteiger partial charge >= 0.3 is 0 Å². The normalized spacial score (nSPS) is 12.4. The molecule has 6 nitrogen and oxygen atoms in total. The Balaban J connectivity index is 1.32. The Kier molecular flexibility index (Phi) is 5.98. The van der Waals surface area contributed by atoms with Crippen molar-refractivity contribution in [2.75, 3.05) is 0 Å². The molecular formula is C34H27B2N5O. The molecule has 0 fully saturated rings. The molecule has 0 bridgehead atoms. The highest BCUT2D eigenvalue weighted by atomic mass is 16.5. The predicted molar refractivity (Wildman–Crippen MR) is 170 cm³/mol. The van der Waals surface area contributed by atoms with Crippen LogP contribution < -0.4 is 4.74 Å². The Hall–Kier alpha value is -4.84. The fourth-order valence-electron chi connectivity index (χ4n) is 5.36. The molecule has 0 aliphatic rings. The van der Waals surface area contributed by atoms with Crippen LogP contribution in [0.5, 0.6) is 11.5 Å². The van der Waals surface area contributed by atoms with Crippen molar-refractivity contribution in [1.82, 2.24) is 24.1 Å². The van der Waals surface area contributed by atoms with E-state index in [2.05, 4.69) is 32.7 Å². The molecular weight excluding hydrogens is 516 g/mol. The maximum atomic E-state index is 6.66. The quantitative estimate of drug-likeness (QED) is 0.215. The number of pyridine rings is 2. The first-order chi connectivity index (χ1) is 20.2. The fraction of sp³-hybridized carbons (Fsp3) is 0.147. The van der Waals surface area contributed by atoms with Gasteiger partial charge in [-0.2, -0.15) is 0 Å². The van der Waals surface area contributed by atoms with Gasteiger partial charge in [0, 0.05) is 35.3 Å². The van der Waals surface area contributed by atoms with Crippen LogP contribution in [0.2, 0.25) is 0 Å². The van der Waals surface area contributed by atoms with Crippen LogP contribution in [-0.4, -0.2) is 39.8 Å². The van der Waals surface area contributed by atoms with Crippen molar-refractivity contribution in [3.63, 3.8) is 0 Å². The Bertz CT molecular complexity index is 2110. The summed E-state index contributed by atoms with van der Waals surface area (Å²) >= 11 is 0. The van der Waals surface area contributed by atoms with Crippen LogP contribution in [0, 0.1) is 5.41 Å². The average Bonchev–Trinajstić information content (AvgIpc) is 3.56. The molecule has 0 spiro atoms. The van der Waals surface area contributed by atoms with Crippen LogP contribution in [0.25, 0.3) is 44.5 Å². The molecule has 8 heteroatoms. The summed E-state index contributed by atoms with van der Waals surface area (Å²) in [4.78, 5) is 13.8. The van der Waals surface area contributed by atoms with Gasteiger partial charge in [0.05, 0.1) is 37.8 Å². The van der Waals surface area contributed by atoms with E-state index in [0.29, 0.717) is 11.5 Å². The number of nitrogens with zero attached hydrogens (tertiary/aromatic N) is 5. The van der Waals surface area contributed by atoms with Crippen LogP contribution in [0.3, 0.4) is 0 Å². The third kappa shape index (κ3) is 4.26. The highest BCUT2D eigenvalue weighted by molar-refractivity contribution is 6.40. The number of imidazole rings is 1. The fourth-order valence-corrected chi connectivity index (χ4v) is 5.36. The van der Waals surface area contributed by atoms with Crippen LogP contribution in [0.1, 0.15) is 26.3 Å². The molecule has 4 aromatic heterocycles. The SMILES string of the molecule is [B]C([B])(c1ccnc(-n2c3ccccc3c3ccc(Oc4ccnc(-n5cnc6ccccc65)c4)cc32)c1)C(C)(C)C. The first-order valence-corrected chi connectivity index (χ1v) is 13.8. The van der Waals surface area contributed by atoms with E-state index in [9.17, 15) is 0 Å². The summed E-state index contributed by atoms with van der Waals surface area (Å²) in [5.74, 6) is 2.82. The standard InChI is InChI=1S/C34H27B2N5O/c1-33(2,3)34(35,36)22-14-16-38-32(18-22)41-28-10-6-4-8-25(28)26-13-12-23(19-30(26)41)42-24-15-17-37-31(20-24)40-21-39-27-9-5-7-11-29(27)40/h4-21H,1-3H3. The number of hydrogen-bond donors (Lipinski definition) is 0. The van der Waals surface area contributed by atoms with Crippen LogP contribution in [0.4, 0.5) is 0 Å². The highest BCUT2D eigenvalue weighted by Crippen LogP contribution is 2.38. The van der Waals surface area contributed by atoms with Gasteiger partial charge in [-0.15, -0.1) is 0 Å². The van der Waals surface area contributed by atoms with Gasteiger partial charge in [-0.25, -0.2) is 15.0 Å². The third-order valence-corrected chi connectivity index (χ3v) is 7.99. The molecule has 0 saturated heterocycles. The molecule has 7 rings (SSSR count). The Morgan fingerprint density at radius 3 is 2.17 bits per heavy atom. The topological polar surface area (TPSA) is 57.8 Å². The summed E-state index contributed by atoms with van der Waals surface area (Å²) in [6.45, 7) is 6.12. The number of aromatic nitrogens is 5. The average molecular weight is 543 g/mol. The number of rotatable bonds is 5. The summed E-state index contributed by atoms with van der Waals surface area (Å²) in [6, 6.07) is 30.0. The lowest BCUT2D eigenvalue weighted by molar-refractivity contribution is 0.358. The molecule has 0 unspecified atom stereocenters. The first-order valence-electron chi connectivity index (χ1n) is 13.8. The van der Waals surface area contributed by atoms with E-state index >= 15 is 0 Å². The van der Waals surface area contributed by atoms with Crippen LogP contribution in [-0.2, 0) is 5.21 Å². The lowest BCUT2D eigenvalue weighted by Gasteiger charge is -2.40. The molecule has 42 heavy (non-hydrogen) atoms. The van der Waals surface area contributed by atoms with E-state index in [1.807, 2.05) is 98.1 Å². The minimum Gasteiger partial charge on any atom is -0.457 e. The first kappa shape index (κ1) is 26.1. The summed E-state index contributed by atoms with van der Waals surface area (Å²) in [7, 11) is 13.3. The predicted octanol–water partition coefficient (Wildman–Crippen LogP) is 7.24. The van der Waals surface area contributed by atoms with Crippen LogP contribution in [0.15, 0.2) is 110 Å². The lowest BCUT2D eigenvalue weighted by atomic mass is 9.41. The monoisotopic (exact) mass is 543 g/mol. The summed E-state index contributed by atoms with van der Waals surface area (Å²) in [5.41, 5.74) is 4.33.